The zero-order valence-corrected chi connectivity index (χ0v) is 13.5. The van der Waals surface area contributed by atoms with E-state index in [1.54, 1.807) is 19.1 Å². The Kier molecular flexibility index (Phi) is 3.43. The van der Waals surface area contributed by atoms with Crippen molar-refractivity contribution in [3.05, 3.63) is 64.2 Å². The number of nitrogens with one attached hydrogen (secondary N) is 1. The van der Waals surface area contributed by atoms with E-state index in [4.69, 9.17) is 10.2 Å². The molecule has 0 spiro atoms. The number of nitrogens with zero attached hydrogens (tertiary/aromatic N) is 3. The number of amides is 1. The molecular weight excluding hydrogens is 341 g/mol. The maximum atomic E-state index is 13.2. The Morgan fingerprint density at radius 1 is 1.19 bits per heavy atom. The minimum Gasteiger partial charge on any atom is -0.458 e. The molecule has 0 unspecified atom stereocenters. The molecule has 0 saturated carbocycles. The number of hydrogen-bond donors (Lipinski definition) is 2. The van der Waals surface area contributed by atoms with Crippen molar-refractivity contribution in [3.8, 4) is 17.3 Å². The summed E-state index contributed by atoms with van der Waals surface area (Å²) in [6, 6.07) is 8.64. The number of furan rings is 1. The summed E-state index contributed by atoms with van der Waals surface area (Å²) in [7, 11) is 0. The Labute approximate surface area is 145 Å². The summed E-state index contributed by atoms with van der Waals surface area (Å²) in [5.41, 5.74) is 5.31. The quantitative estimate of drug-likeness (QED) is 0.583. The van der Waals surface area contributed by atoms with Gasteiger partial charge in [-0.3, -0.25) is 4.79 Å². The van der Waals surface area contributed by atoms with Crippen molar-refractivity contribution >= 4 is 17.1 Å². The number of hydrogen-bond acceptors (Lipinski definition) is 5. The zero-order chi connectivity index (χ0) is 18.4. The molecule has 8 nitrogen and oxygen atoms in total. The van der Waals surface area contributed by atoms with Crippen LogP contribution in [0.25, 0.3) is 28.4 Å². The van der Waals surface area contributed by atoms with Crippen molar-refractivity contribution in [1.29, 1.82) is 0 Å². The zero-order valence-electron chi connectivity index (χ0n) is 13.5. The fourth-order valence-corrected chi connectivity index (χ4v) is 2.66. The van der Waals surface area contributed by atoms with Crippen LogP contribution in [-0.4, -0.2) is 25.4 Å². The van der Waals surface area contributed by atoms with Gasteiger partial charge in [-0.25, -0.2) is 23.7 Å². The van der Waals surface area contributed by atoms with Crippen LogP contribution < -0.4 is 11.4 Å². The van der Waals surface area contributed by atoms with Crippen molar-refractivity contribution in [1.82, 2.24) is 19.5 Å². The molecular formula is C17H12FN5O3. The van der Waals surface area contributed by atoms with Gasteiger partial charge in [-0.15, -0.1) is 0 Å². The third-order valence-corrected chi connectivity index (χ3v) is 3.82. The number of carbonyl (C=O) groups is 1. The molecule has 0 aliphatic carbocycles. The molecule has 0 aliphatic rings. The van der Waals surface area contributed by atoms with E-state index < -0.39 is 17.4 Å². The SMILES string of the molecule is Cc1ccc(-c2nc(C(N)=O)c3[nH]c(=O)n(-c4ccc(F)cc4)c3n2)o1. The van der Waals surface area contributed by atoms with Crippen LogP contribution in [0.5, 0.6) is 0 Å². The lowest BCUT2D eigenvalue weighted by Gasteiger charge is -2.05. The highest BCUT2D eigenvalue weighted by atomic mass is 19.1. The van der Waals surface area contributed by atoms with Crippen LogP contribution in [0.4, 0.5) is 4.39 Å². The fourth-order valence-electron chi connectivity index (χ4n) is 2.66. The second-order valence-corrected chi connectivity index (χ2v) is 5.61. The monoisotopic (exact) mass is 353 g/mol. The van der Waals surface area contributed by atoms with Crippen molar-refractivity contribution in [2.24, 2.45) is 5.73 Å². The Bertz CT molecular complexity index is 1200. The topological polar surface area (TPSA) is 120 Å². The second kappa shape index (κ2) is 5.66. The minimum absolute atomic E-state index is 0.0962. The van der Waals surface area contributed by atoms with Crippen LogP contribution >= 0.6 is 0 Å². The first-order chi connectivity index (χ1) is 12.4. The molecule has 3 aromatic heterocycles. The van der Waals surface area contributed by atoms with Gasteiger partial charge in [0.25, 0.3) is 5.91 Å². The van der Waals surface area contributed by atoms with E-state index in [0.717, 1.165) is 0 Å². The Hall–Kier alpha value is -3.75. The molecule has 4 aromatic rings. The summed E-state index contributed by atoms with van der Waals surface area (Å²) in [4.78, 5) is 35.2. The number of nitrogens with two attached hydrogens (primary N) is 1. The molecule has 0 aliphatic heterocycles. The Morgan fingerprint density at radius 2 is 1.92 bits per heavy atom. The molecule has 0 radical (unpaired) electrons. The lowest BCUT2D eigenvalue weighted by Crippen LogP contribution is -2.15. The lowest BCUT2D eigenvalue weighted by atomic mass is 10.3. The molecule has 1 aromatic carbocycles. The smallest absolute Gasteiger partial charge is 0.332 e. The molecule has 130 valence electrons. The van der Waals surface area contributed by atoms with Crippen molar-refractivity contribution in [2.45, 2.75) is 6.92 Å². The van der Waals surface area contributed by atoms with Crippen LogP contribution in [0.1, 0.15) is 16.2 Å². The summed E-state index contributed by atoms with van der Waals surface area (Å²) >= 11 is 0. The molecule has 3 N–H and O–H groups in total. The minimum atomic E-state index is -0.825. The van der Waals surface area contributed by atoms with Crippen molar-refractivity contribution in [2.75, 3.05) is 0 Å². The van der Waals surface area contributed by atoms with E-state index in [0.29, 0.717) is 17.2 Å². The fraction of sp³-hybridized carbons (Fsp3) is 0.0588. The summed E-state index contributed by atoms with van der Waals surface area (Å²) < 4.78 is 19.9. The van der Waals surface area contributed by atoms with E-state index in [9.17, 15) is 14.0 Å². The number of aromatic amines is 1. The van der Waals surface area contributed by atoms with Crippen LogP contribution in [0.3, 0.4) is 0 Å². The van der Waals surface area contributed by atoms with E-state index in [-0.39, 0.29) is 22.7 Å². The molecule has 0 fully saturated rings. The third-order valence-electron chi connectivity index (χ3n) is 3.82. The van der Waals surface area contributed by atoms with Crippen LogP contribution in [0.15, 0.2) is 45.6 Å². The highest BCUT2D eigenvalue weighted by Crippen LogP contribution is 2.23. The molecule has 4 rings (SSSR count). The number of aromatic nitrogens is 4. The van der Waals surface area contributed by atoms with Gasteiger partial charge in [0.05, 0.1) is 5.69 Å². The molecule has 0 saturated heterocycles. The predicted octanol–water partition coefficient (Wildman–Crippen LogP) is 1.92. The average molecular weight is 353 g/mol. The third kappa shape index (κ3) is 2.46. The largest absolute Gasteiger partial charge is 0.458 e. The first-order valence-electron chi connectivity index (χ1n) is 7.59. The van der Waals surface area contributed by atoms with Crippen molar-refractivity contribution in [3.63, 3.8) is 0 Å². The van der Waals surface area contributed by atoms with Gasteiger partial charge in [0, 0.05) is 0 Å². The highest BCUT2D eigenvalue weighted by molar-refractivity contribution is 6.02. The molecule has 0 bridgehead atoms. The molecule has 26 heavy (non-hydrogen) atoms. The van der Waals surface area contributed by atoms with Gasteiger partial charge in [-0.2, -0.15) is 0 Å². The van der Waals surface area contributed by atoms with Gasteiger partial charge in [-0.1, -0.05) is 0 Å². The number of primary amides is 1. The first-order valence-corrected chi connectivity index (χ1v) is 7.59. The maximum absolute atomic E-state index is 13.2. The number of rotatable bonds is 3. The predicted molar refractivity (Wildman–Crippen MR) is 90.4 cm³/mol. The van der Waals surface area contributed by atoms with E-state index >= 15 is 0 Å². The van der Waals surface area contributed by atoms with Gasteiger partial charge < -0.3 is 15.1 Å². The number of aryl methyl sites for hydroxylation is 1. The van der Waals surface area contributed by atoms with Gasteiger partial charge >= 0.3 is 5.69 Å². The van der Waals surface area contributed by atoms with E-state index in [2.05, 4.69) is 15.0 Å². The molecule has 9 heteroatoms. The summed E-state index contributed by atoms with van der Waals surface area (Å²) in [5.74, 6) is -0.204. The van der Waals surface area contributed by atoms with Crippen molar-refractivity contribution < 1.29 is 13.6 Å². The van der Waals surface area contributed by atoms with Gasteiger partial charge in [-0.05, 0) is 43.3 Å². The maximum Gasteiger partial charge on any atom is 0.332 e. The van der Waals surface area contributed by atoms with Crippen LogP contribution in [0.2, 0.25) is 0 Å². The van der Waals surface area contributed by atoms with Crippen LogP contribution in [0, 0.1) is 12.7 Å². The van der Waals surface area contributed by atoms with Gasteiger partial charge in [0.2, 0.25) is 0 Å². The number of fused-ring (bicyclic) bond motifs is 1. The van der Waals surface area contributed by atoms with E-state index in [1.165, 1.54) is 28.8 Å². The Balaban J connectivity index is 2.06. The van der Waals surface area contributed by atoms with E-state index in [1.807, 2.05) is 0 Å². The van der Waals surface area contributed by atoms with Crippen LogP contribution in [-0.2, 0) is 0 Å². The second-order valence-electron chi connectivity index (χ2n) is 5.61. The summed E-state index contributed by atoms with van der Waals surface area (Å²) in [6.45, 7) is 1.75. The number of halogens is 1. The molecule has 3 heterocycles. The molecule has 0 atom stereocenters. The van der Waals surface area contributed by atoms with Gasteiger partial charge in [0.15, 0.2) is 22.9 Å². The molecule has 1 amide bonds. The number of imidazole rings is 1. The van der Waals surface area contributed by atoms with Gasteiger partial charge in [0.1, 0.15) is 17.1 Å². The Morgan fingerprint density at radius 3 is 2.54 bits per heavy atom. The highest BCUT2D eigenvalue weighted by Gasteiger charge is 2.21. The first kappa shape index (κ1) is 15.8. The summed E-state index contributed by atoms with van der Waals surface area (Å²) in [5, 5.41) is 0. The average Bonchev–Trinajstić information content (AvgIpc) is 3.17. The number of benzene rings is 1. The standard InChI is InChI=1S/C17H12FN5O3/c1-8-2-7-11(26-8)15-20-12(14(19)24)13-16(22-15)23(17(25)21-13)10-5-3-9(18)4-6-10/h2-7H,1H3,(H2,19,24)(H,21,25). The normalized spacial score (nSPS) is 11.2. The summed E-state index contributed by atoms with van der Waals surface area (Å²) in [6.07, 6.45) is 0. The number of carbonyl (C=O) groups excluding carboxylic acids is 1. The number of H-pyrrole nitrogens is 1. The lowest BCUT2D eigenvalue weighted by molar-refractivity contribution is 0.0997.